The molecule has 1 atom stereocenters. The van der Waals surface area contributed by atoms with Crippen LogP contribution in [0.15, 0.2) is 23.0 Å². The highest BCUT2D eigenvalue weighted by Gasteiger charge is 2.35. The molecule has 7 nitrogen and oxygen atoms in total. The number of rotatable bonds is 8. The molecule has 0 spiro atoms. The summed E-state index contributed by atoms with van der Waals surface area (Å²) in [5.41, 5.74) is -0.113. The van der Waals surface area contributed by atoms with Gasteiger partial charge in [-0.05, 0) is 29.4 Å². The molecule has 1 aromatic carbocycles. The fourth-order valence-electron chi connectivity index (χ4n) is 3.73. The molecule has 1 aromatic heterocycles. The average molecular weight is 445 g/mol. The lowest BCUT2D eigenvalue weighted by Crippen LogP contribution is -2.41. The Balaban J connectivity index is 3.04. The first-order valence-electron chi connectivity index (χ1n) is 11.1. The predicted octanol–water partition coefficient (Wildman–Crippen LogP) is 5.39. The number of carbonyl (C=O) groups excluding carboxylic acids is 1. The van der Waals surface area contributed by atoms with Crippen LogP contribution in [0, 0.1) is 10.8 Å². The van der Waals surface area contributed by atoms with Gasteiger partial charge in [-0.25, -0.2) is 4.79 Å². The van der Waals surface area contributed by atoms with Gasteiger partial charge in [-0.1, -0.05) is 61.0 Å². The number of pyridine rings is 1. The number of nitrogens with zero attached hydrogens (tertiary/aromatic N) is 1. The topological polar surface area (TPSA) is 97.6 Å². The number of ether oxygens (including phenoxy) is 1. The Labute approximate surface area is 189 Å². The van der Waals surface area contributed by atoms with Gasteiger partial charge in [0.1, 0.15) is 12.0 Å². The van der Waals surface area contributed by atoms with Gasteiger partial charge in [0, 0.05) is 17.5 Å². The number of aromatic nitrogens is 1. The fraction of sp³-hybridized carbons (Fsp3) is 0.560. The van der Waals surface area contributed by atoms with Gasteiger partial charge < -0.3 is 19.7 Å². The number of benzene rings is 1. The lowest BCUT2D eigenvalue weighted by Gasteiger charge is -2.35. The molecule has 0 aliphatic carbocycles. The molecule has 0 radical (unpaired) electrons. The zero-order chi connectivity index (χ0) is 24.3. The van der Waals surface area contributed by atoms with Gasteiger partial charge in [0.25, 0.3) is 5.56 Å². The number of hydrogen-bond donors (Lipinski definition) is 2. The summed E-state index contributed by atoms with van der Waals surface area (Å²) >= 11 is 0. The van der Waals surface area contributed by atoms with E-state index in [-0.39, 0.29) is 11.0 Å². The molecule has 0 saturated heterocycles. The number of aldehydes is 1. The van der Waals surface area contributed by atoms with Crippen LogP contribution in [0.5, 0.6) is 5.75 Å². The van der Waals surface area contributed by atoms with Crippen molar-refractivity contribution in [2.75, 3.05) is 6.61 Å². The molecule has 1 amide bonds. The highest BCUT2D eigenvalue weighted by Crippen LogP contribution is 2.41. The summed E-state index contributed by atoms with van der Waals surface area (Å²) in [6, 6.07) is 4.20. The number of fused-ring (bicyclic) bond motifs is 1. The minimum Gasteiger partial charge on any atom is -0.491 e. The maximum absolute atomic E-state index is 13.7. The summed E-state index contributed by atoms with van der Waals surface area (Å²) in [7, 11) is 0. The predicted molar refractivity (Wildman–Crippen MR) is 127 cm³/mol. The molecule has 0 aliphatic heterocycles. The normalized spacial score (nSPS) is 13.1. The van der Waals surface area contributed by atoms with Crippen molar-refractivity contribution in [2.45, 2.75) is 73.9 Å². The second kappa shape index (κ2) is 9.76. The monoisotopic (exact) mass is 444 g/mol. The zero-order valence-electron chi connectivity index (χ0n) is 20.2. The van der Waals surface area contributed by atoms with Gasteiger partial charge in [-0.3, -0.25) is 9.59 Å². The molecule has 2 N–H and O–H groups in total. The largest absolute Gasteiger partial charge is 0.491 e. The molecule has 176 valence electrons. The van der Waals surface area contributed by atoms with Gasteiger partial charge in [-0.2, -0.15) is 0 Å². The molecular formula is C25H36N2O5. The summed E-state index contributed by atoms with van der Waals surface area (Å²) in [4.78, 5) is 36.9. The average Bonchev–Trinajstić information content (AvgIpc) is 2.67. The van der Waals surface area contributed by atoms with Crippen molar-refractivity contribution >= 4 is 23.2 Å². The van der Waals surface area contributed by atoms with Gasteiger partial charge in [0.15, 0.2) is 0 Å². The SMILES string of the molecule is CCCCOc1c(C(NC(=O)O)C(C)(C)C)n(CC(C)(C)C)c(=O)c2ccc(C=O)cc12. The standard InChI is InChI=1S/C25H36N2O5/c1-8-9-12-32-20-18-13-16(14-28)10-11-17(18)22(29)27(15-24(2,3)4)19(20)21(25(5,6)7)26-23(30)31/h10-11,13-14,21,26H,8-9,12,15H2,1-7H3,(H,30,31). The Morgan fingerprint density at radius 2 is 1.84 bits per heavy atom. The Morgan fingerprint density at radius 1 is 1.19 bits per heavy atom. The molecule has 0 fully saturated rings. The van der Waals surface area contributed by atoms with E-state index in [4.69, 9.17) is 4.74 Å². The molecule has 0 aliphatic rings. The minimum absolute atomic E-state index is 0.230. The molecule has 1 heterocycles. The highest BCUT2D eigenvalue weighted by molar-refractivity contribution is 5.93. The number of unbranched alkanes of at least 4 members (excludes halogenated alkanes) is 1. The Hall–Kier alpha value is -2.83. The number of carboxylic acid groups (broad SMARTS) is 1. The van der Waals surface area contributed by atoms with Crippen molar-refractivity contribution in [3.63, 3.8) is 0 Å². The Bertz CT molecular complexity index is 1040. The number of amides is 1. The Morgan fingerprint density at radius 3 is 2.34 bits per heavy atom. The van der Waals surface area contributed by atoms with Crippen LogP contribution < -0.4 is 15.6 Å². The van der Waals surface area contributed by atoms with Gasteiger partial charge in [0.05, 0.1) is 23.7 Å². The molecule has 2 aromatic rings. The number of hydrogen-bond acceptors (Lipinski definition) is 4. The lowest BCUT2D eigenvalue weighted by atomic mass is 9.83. The summed E-state index contributed by atoms with van der Waals surface area (Å²) in [5, 5.41) is 13.2. The summed E-state index contributed by atoms with van der Waals surface area (Å²) < 4.78 is 7.90. The van der Waals surface area contributed by atoms with E-state index in [0.29, 0.717) is 40.9 Å². The molecule has 1 unspecified atom stereocenters. The first kappa shape index (κ1) is 25.4. The Kier molecular flexibility index (Phi) is 7.75. The third-order valence-corrected chi connectivity index (χ3v) is 5.21. The van der Waals surface area contributed by atoms with E-state index in [1.807, 2.05) is 41.5 Å². The van der Waals surface area contributed by atoms with Crippen LogP contribution in [0.2, 0.25) is 0 Å². The van der Waals surface area contributed by atoms with Crippen molar-refractivity contribution in [3.05, 3.63) is 39.8 Å². The van der Waals surface area contributed by atoms with E-state index in [0.717, 1.165) is 19.1 Å². The van der Waals surface area contributed by atoms with Gasteiger partial charge in [-0.15, -0.1) is 0 Å². The van der Waals surface area contributed by atoms with Crippen molar-refractivity contribution < 1.29 is 19.4 Å². The third-order valence-electron chi connectivity index (χ3n) is 5.21. The van der Waals surface area contributed by atoms with Crippen molar-refractivity contribution in [1.29, 1.82) is 0 Å². The van der Waals surface area contributed by atoms with Crippen molar-refractivity contribution in [1.82, 2.24) is 9.88 Å². The van der Waals surface area contributed by atoms with Crippen LogP contribution in [-0.2, 0) is 6.54 Å². The van der Waals surface area contributed by atoms with Crippen LogP contribution in [0.4, 0.5) is 4.79 Å². The van der Waals surface area contributed by atoms with E-state index in [2.05, 4.69) is 12.2 Å². The molecule has 2 rings (SSSR count). The maximum Gasteiger partial charge on any atom is 0.405 e. The highest BCUT2D eigenvalue weighted by atomic mass is 16.5. The van der Waals surface area contributed by atoms with E-state index < -0.39 is 17.6 Å². The van der Waals surface area contributed by atoms with Gasteiger partial charge >= 0.3 is 6.09 Å². The molecule has 0 bridgehead atoms. The van der Waals surface area contributed by atoms with Crippen LogP contribution in [-0.4, -0.2) is 28.7 Å². The lowest BCUT2D eigenvalue weighted by molar-refractivity contribution is 0.112. The summed E-state index contributed by atoms with van der Waals surface area (Å²) in [6.45, 7) is 14.7. The van der Waals surface area contributed by atoms with E-state index >= 15 is 0 Å². The second-order valence-electron chi connectivity index (χ2n) is 10.5. The first-order chi connectivity index (χ1) is 14.8. The van der Waals surface area contributed by atoms with Crippen LogP contribution in [0.3, 0.4) is 0 Å². The smallest absolute Gasteiger partial charge is 0.405 e. The summed E-state index contributed by atoms with van der Waals surface area (Å²) in [6.07, 6.45) is 1.27. The first-order valence-corrected chi connectivity index (χ1v) is 11.1. The van der Waals surface area contributed by atoms with Crippen LogP contribution >= 0.6 is 0 Å². The molecule has 32 heavy (non-hydrogen) atoms. The fourth-order valence-corrected chi connectivity index (χ4v) is 3.73. The van der Waals surface area contributed by atoms with Crippen LogP contribution in [0.1, 0.15) is 83.4 Å². The third kappa shape index (κ3) is 5.90. The van der Waals surface area contributed by atoms with E-state index in [9.17, 15) is 19.5 Å². The molecule has 0 saturated carbocycles. The molecular weight excluding hydrogens is 408 g/mol. The van der Waals surface area contributed by atoms with Crippen molar-refractivity contribution in [3.8, 4) is 5.75 Å². The van der Waals surface area contributed by atoms with E-state index in [1.54, 1.807) is 22.8 Å². The van der Waals surface area contributed by atoms with Crippen LogP contribution in [0.25, 0.3) is 10.8 Å². The number of carbonyl (C=O) groups is 2. The minimum atomic E-state index is -1.18. The second-order valence-corrected chi connectivity index (χ2v) is 10.5. The maximum atomic E-state index is 13.7. The van der Waals surface area contributed by atoms with Gasteiger partial charge in [0.2, 0.25) is 0 Å². The quantitative estimate of drug-likeness (QED) is 0.420. The van der Waals surface area contributed by atoms with Crippen molar-refractivity contribution in [2.24, 2.45) is 10.8 Å². The molecule has 7 heteroatoms. The summed E-state index contributed by atoms with van der Waals surface area (Å²) in [5.74, 6) is 0.453. The number of nitrogens with one attached hydrogen (secondary N) is 1. The van der Waals surface area contributed by atoms with E-state index in [1.165, 1.54) is 0 Å². The zero-order valence-corrected chi connectivity index (χ0v) is 20.2.